The minimum atomic E-state index is -2.09. The fourth-order valence-corrected chi connectivity index (χ4v) is 24.8. The van der Waals surface area contributed by atoms with E-state index in [0.717, 1.165) is 0 Å². The van der Waals surface area contributed by atoms with Crippen LogP contribution in [0.15, 0.2) is 91.0 Å². The van der Waals surface area contributed by atoms with Crippen LogP contribution in [0.2, 0.25) is 19.6 Å². The molecule has 0 saturated carbocycles. The molecule has 1 aliphatic heterocycles. The Morgan fingerprint density at radius 3 is 0.852 bits per heavy atom. The van der Waals surface area contributed by atoms with Gasteiger partial charge in [0.15, 0.2) is 0 Å². The Bertz CT molecular complexity index is 775. The Morgan fingerprint density at radius 1 is 0.407 bits per heavy atom. The fourth-order valence-electron chi connectivity index (χ4n) is 4.34. The zero-order chi connectivity index (χ0) is 19.0. The van der Waals surface area contributed by atoms with E-state index in [0.29, 0.717) is 0 Å². The van der Waals surface area contributed by atoms with Crippen molar-refractivity contribution in [1.82, 2.24) is 13.9 Å². The Hall–Kier alpha value is -1.81. The molecule has 1 heterocycles. The van der Waals surface area contributed by atoms with Gasteiger partial charge in [0.1, 0.15) is 0 Å². The highest BCUT2D eigenvalue weighted by atomic mass is 28.5. The summed E-state index contributed by atoms with van der Waals surface area (Å²) in [6.45, 7) is 7.27. The van der Waals surface area contributed by atoms with Crippen molar-refractivity contribution in [2.45, 2.75) is 19.6 Å². The van der Waals surface area contributed by atoms with Gasteiger partial charge in [-0.25, -0.2) is 0 Å². The molecule has 0 aliphatic carbocycles. The highest BCUT2D eigenvalue weighted by molar-refractivity contribution is 7.16. The first-order valence-electron chi connectivity index (χ1n) is 9.48. The van der Waals surface area contributed by atoms with E-state index < -0.39 is 25.2 Å². The predicted octanol–water partition coefficient (Wildman–Crippen LogP) is 1.71. The van der Waals surface area contributed by atoms with Crippen LogP contribution in [0, 0.1) is 0 Å². The van der Waals surface area contributed by atoms with E-state index in [1.807, 2.05) is 0 Å². The normalized spacial score (nSPS) is 30.8. The van der Waals surface area contributed by atoms with Crippen molar-refractivity contribution in [3.05, 3.63) is 91.0 Å². The maximum absolute atomic E-state index is 4.15. The highest BCUT2D eigenvalue weighted by Crippen LogP contribution is 2.14. The third-order valence-corrected chi connectivity index (χ3v) is 22.0. The fraction of sp³-hybridized carbons (Fsp3) is 0.143. The number of hydrogen-bond donors (Lipinski definition) is 3. The van der Waals surface area contributed by atoms with Gasteiger partial charge in [-0.15, -0.1) is 0 Å². The minimum absolute atomic E-state index is 1.41. The van der Waals surface area contributed by atoms with E-state index in [9.17, 15) is 0 Å². The molecule has 27 heavy (non-hydrogen) atoms. The molecular weight excluding hydrogens is 379 g/mol. The van der Waals surface area contributed by atoms with E-state index in [2.05, 4.69) is 125 Å². The Balaban J connectivity index is 1.85. The third kappa shape index (κ3) is 3.52. The van der Waals surface area contributed by atoms with Crippen molar-refractivity contribution in [3.8, 4) is 0 Å². The molecule has 1 fully saturated rings. The largest absolute Gasteiger partial charge is 0.329 e. The van der Waals surface area contributed by atoms with Crippen LogP contribution in [0.5, 0.6) is 0 Å². The molecule has 0 radical (unpaired) electrons. The van der Waals surface area contributed by atoms with Crippen LogP contribution < -0.4 is 29.5 Å². The number of hydrogen-bond acceptors (Lipinski definition) is 3. The topological polar surface area (TPSA) is 36.1 Å². The van der Waals surface area contributed by atoms with E-state index in [4.69, 9.17) is 0 Å². The summed E-state index contributed by atoms with van der Waals surface area (Å²) in [5.41, 5.74) is 0. The summed E-state index contributed by atoms with van der Waals surface area (Å²) >= 11 is 0. The molecule has 0 aromatic heterocycles. The van der Waals surface area contributed by atoms with Gasteiger partial charge in [-0.3, -0.25) is 0 Å². The van der Waals surface area contributed by atoms with Gasteiger partial charge in [-0.2, -0.15) is 0 Å². The summed E-state index contributed by atoms with van der Waals surface area (Å²) in [4.78, 5) is 0. The molecule has 3 aromatic rings. The molecule has 138 valence electrons. The zero-order valence-electron chi connectivity index (χ0n) is 16.2. The van der Waals surface area contributed by atoms with Crippen LogP contribution in [-0.2, 0) is 0 Å². The van der Waals surface area contributed by atoms with Crippen molar-refractivity contribution in [2.24, 2.45) is 0 Å². The first-order valence-corrected chi connectivity index (χ1v) is 17.0. The molecule has 4 rings (SSSR count). The molecule has 6 heteroatoms. The second-order valence-electron chi connectivity index (χ2n) is 7.85. The van der Waals surface area contributed by atoms with Crippen LogP contribution in [0.3, 0.4) is 0 Å². The SMILES string of the molecule is C[Si]1(c2ccccc2)N[Si](C)(c2ccccc2)N[Si](C)(c2ccccc2)N1. The lowest BCUT2D eigenvalue weighted by molar-refractivity contribution is 1.07. The van der Waals surface area contributed by atoms with Gasteiger partial charge in [-0.05, 0) is 35.2 Å². The van der Waals surface area contributed by atoms with E-state index >= 15 is 0 Å². The first kappa shape index (κ1) is 18.5. The maximum Gasteiger partial charge on any atom is 0.220 e. The lowest BCUT2D eigenvalue weighted by atomic mass is 10.4. The van der Waals surface area contributed by atoms with Crippen LogP contribution in [0.25, 0.3) is 0 Å². The first-order chi connectivity index (χ1) is 12.9. The lowest BCUT2D eigenvalue weighted by Crippen LogP contribution is -2.97. The summed E-state index contributed by atoms with van der Waals surface area (Å²) in [7, 11) is -6.26. The Kier molecular flexibility index (Phi) is 4.79. The summed E-state index contributed by atoms with van der Waals surface area (Å²) in [5.74, 6) is 0. The number of nitrogens with one attached hydrogen (secondary N) is 3. The minimum Gasteiger partial charge on any atom is -0.329 e. The van der Waals surface area contributed by atoms with Crippen molar-refractivity contribution in [3.63, 3.8) is 0 Å². The quantitative estimate of drug-likeness (QED) is 0.581. The second kappa shape index (κ2) is 6.97. The number of benzene rings is 3. The standard InChI is InChI=1S/C21H27N3Si3/c1-25(19-13-7-4-8-14-19)22-26(2,20-15-9-5-10-16-20)24-27(3,23-25)21-17-11-6-12-18-21/h4-18,22-24H,1-3H3. The highest BCUT2D eigenvalue weighted by Gasteiger charge is 2.53. The molecule has 0 spiro atoms. The van der Waals surface area contributed by atoms with Gasteiger partial charge in [0.05, 0.1) is 0 Å². The molecule has 1 saturated heterocycles. The molecule has 3 nitrogen and oxygen atoms in total. The molecule has 0 atom stereocenters. The second-order valence-corrected chi connectivity index (χ2v) is 19.3. The van der Waals surface area contributed by atoms with E-state index in [1.165, 1.54) is 15.6 Å². The average Bonchev–Trinajstić information content (AvgIpc) is 2.69. The molecule has 0 amide bonds. The number of rotatable bonds is 3. The van der Waals surface area contributed by atoms with Crippen LogP contribution in [0.4, 0.5) is 0 Å². The van der Waals surface area contributed by atoms with Gasteiger partial charge in [0, 0.05) is 0 Å². The van der Waals surface area contributed by atoms with Crippen LogP contribution >= 0.6 is 0 Å². The van der Waals surface area contributed by atoms with Gasteiger partial charge in [0.2, 0.25) is 25.2 Å². The van der Waals surface area contributed by atoms with Crippen molar-refractivity contribution >= 4 is 40.8 Å². The Labute approximate surface area is 165 Å². The van der Waals surface area contributed by atoms with Crippen LogP contribution in [-0.4, -0.2) is 25.2 Å². The Morgan fingerprint density at radius 2 is 0.630 bits per heavy atom. The summed E-state index contributed by atoms with van der Waals surface area (Å²) in [5, 5.41) is 4.24. The van der Waals surface area contributed by atoms with Crippen LogP contribution in [0.1, 0.15) is 0 Å². The zero-order valence-corrected chi connectivity index (χ0v) is 19.2. The van der Waals surface area contributed by atoms with Gasteiger partial charge >= 0.3 is 0 Å². The monoisotopic (exact) mass is 405 g/mol. The lowest BCUT2D eigenvalue weighted by Gasteiger charge is -2.53. The van der Waals surface area contributed by atoms with Crippen molar-refractivity contribution in [2.75, 3.05) is 0 Å². The molecule has 1 aliphatic rings. The average molecular weight is 406 g/mol. The van der Waals surface area contributed by atoms with Crippen molar-refractivity contribution < 1.29 is 0 Å². The smallest absolute Gasteiger partial charge is 0.220 e. The molecule has 3 aromatic carbocycles. The molecular formula is C21H27N3Si3. The van der Waals surface area contributed by atoms with Crippen molar-refractivity contribution in [1.29, 1.82) is 0 Å². The summed E-state index contributed by atoms with van der Waals surface area (Å²) in [6, 6.07) is 32.9. The van der Waals surface area contributed by atoms with E-state index in [-0.39, 0.29) is 0 Å². The van der Waals surface area contributed by atoms with Gasteiger partial charge in [0.25, 0.3) is 0 Å². The molecule has 3 N–H and O–H groups in total. The molecule has 0 unspecified atom stereocenters. The van der Waals surface area contributed by atoms with Gasteiger partial charge in [-0.1, -0.05) is 91.0 Å². The molecule has 0 bridgehead atoms. The van der Waals surface area contributed by atoms with E-state index in [1.54, 1.807) is 0 Å². The summed E-state index contributed by atoms with van der Waals surface area (Å²) < 4.78 is 12.5. The van der Waals surface area contributed by atoms with Gasteiger partial charge < -0.3 is 13.9 Å². The predicted molar refractivity (Wildman–Crippen MR) is 122 cm³/mol. The summed E-state index contributed by atoms with van der Waals surface area (Å²) in [6.07, 6.45) is 0. The maximum atomic E-state index is 4.15. The third-order valence-electron chi connectivity index (χ3n) is 5.55.